The van der Waals surface area contributed by atoms with E-state index < -0.39 is 0 Å². The number of phenols is 1. The molecule has 3 aromatic carbocycles. The van der Waals surface area contributed by atoms with Crippen LogP contribution in [-0.4, -0.2) is 5.11 Å². The van der Waals surface area contributed by atoms with Gasteiger partial charge in [-0.05, 0) is 47.0 Å². The van der Waals surface area contributed by atoms with E-state index in [9.17, 15) is 5.11 Å². The molecular formula is C21H17NO3. The minimum absolute atomic E-state index is 0.262. The maximum atomic E-state index is 9.39. The fourth-order valence-corrected chi connectivity index (χ4v) is 2.70. The van der Waals surface area contributed by atoms with E-state index in [4.69, 9.17) is 9.68 Å². The lowest BCUT2D eigenvalue weighted by molar-refractivity contribution is 0.0528. The SMILES string of the molecule is Cc1ccccc1N1OC=C(c2ccc(-c3ccc(O)cc3)cc2)O1. The molecule has 0 amide bonds. The smallest absolute Gasteiger partial charge is 0.204 e. The molecule has 0 aromatic heterocycles. The zero-order valence-corrected chi connectivity index (χ0v) is 13.7. The fourth-order valence-electron chi connectivity index (χ4n) is 2.70. The molecule has 4 heteroatoms. The van der Waals surface area contributed by atoms with E-state index in [-0.39, 0.29) is 5.75 Å². The molecule has 1 heterocycles. The second kappa shape index (κ2) is 6.24. The van der Waals surface area contributed by atoms with Crippen LogP contribution in [0.15, 0.2) is 79.1 Å². The number of aryl methyl sites for hydroxylation is 1. The molecule has 0 atom stereocenters. The second-order valence-electron chi connectivity index (χ2n) is 5.85. The molecule has 25 heavy (non-hydrogen) atoms. The van der Waals surface area contributed by atoms with Crippen molar-refractivity contribution in [3.8, 4) is 16.9 Å². The molecule has 1 N–H and O–H groups in total. The summed E-state index contributed by atoms with van der Waals surface area (Å²) in [6.45, 7) is 2.01. The van der Waals surface area contributed by atoms with Gasteiger partial charge < -0.3 is 14.8 Å². The molecule has 1 aliphatic rings. The Kier molecular flexibility index (Phi) is 3.78. The Balaban J connectivity index is 1.51. The molecule has 0 saturated heterocycles. The van der Waals surface area contributed by atoms with Crippen LogP contribution in [0.4, 0.5) is 5.69 Å². The van der Waals surface area contributed by atoms with Crippen molar-refractivity contribution in [3.63, 3.8) is 0 Å². The normalized spacial score (nSPS) is 13.2. The summed E-state index contributed by atoms with van der Waals surface area (Å²) < 4.78 is 0. The van der Waals surface area contributed by atoms with Crippen molar-refractivity contribution in [2.24, 2.45) is 0 Å². The molecule has 0 aliphatic carbocycles. The molecule has 124 valence electrons. The predicted octanol–water partition coefficient (Wildman–Crippen LogP) is 5.05. The van der Waals surface area contributed by atoms with Crippen LogP contribution in [0.5, 0.6) is 5.75 Å². The third kappa shape index (κ3) is 3.02. The molecule has 4 rings (SSSR count). The summed E-state index contributed by atoms with van der Waals surface area (Å²) in [5.41, 5.74) is 4.98. The van der Waals surface area contributed by atoms with Crippen molar-refractivity contribution in [1.82, 2.24) is 0 Å². The van der Waals surface area contributed by atoms with Crippen molar-refractivity contribution in [1.29, 1.82) is 0 Å². The van der Waals surface area contributed by atoms with E-state index in [1.807, 2.05) is 67.6 Å². The average molecular weight is 331 g/mol. The Morgan fingerprint density at radius 1 is 0.760 bits per heavy atom. The number of rotatable bonds is 3. The number of hydrogen-bond acceptors (Lipinski definition) is 4. The van der Waals surface area contributed by atoms with E-state index in [0.29, 0.717) is 5.76 Å². The quantitative estimate of drug-likeness (QED) is 0.729. The first-order valence-corrected chi connectivity index (χ1v) is 8.01. The van der Waals surface area contributed by atoms with Crippen molar-refractivity contribution < 1.29 is 14.8 Å². The maximum Gasteiger partial charge on any atom is 0.204 e. The van der Waals surface area contributed by atoms with Gasteiger partial charge in [-0.25, -0.2) is 0 Å². The number of phenolic OH excluding ortho intramolecular Hbond substituents is 1. The molecule has 0 spiro atoms. The van der Waals surface area contributed by atoms with E-state index in [1.54, 1.807) is 18.4 Å². The van der Waals surface area contributed by atoms with Crippen LogP contribution >= 0.6 is 0 Å². The maximum absolute atomic E-state index is 9.39. The van der Waals surface area contributed by atoms with Gasteiger partial charge in [0.25, 0.3) is 0 Å². The molecule has 3 aromatic rings. The summed E-state index contributed by atoms with van der Waals surface area (Å²) in [6, 6.07) is 23.0. The zero-order valence-electron chi connectivity index (χ0n) is 13.7. The van der Waals surface area contributed by atoms with E-state index in [2.05, 4.69) is 0 Å². The van der Waals surface area contributed by atoms with Gasteiger partial charge in [0.2, 0.25) is 5.76 Å². The summed E-state index contributed by atoms with van der Waals surface area (Å²) in [4.78, 5) is 11.4. The molecule has 4 nitrogen and oxygen atoms in total. The first kappa shape index (κ1) is 15.1. The van der Waals surface area contributed by atoms with Gasteiger partial charge in [-0.3, -0.25) is 0 Å². The first-order valence-electron chi connectivity index (χ1n) is 8.01. The monoisotopic (exact) mass is 331 g/mol. The van der Waals surface area contributed by atoms with E-state index >= 15 is 0 Å². The molecule has 0 unspecified atom stereocenters. The van der Waals surface area contributed by atoms with Crippen molar-refractivity contribution in [3.05, 3.63) is 90.2 Å². The van der Waals surface area contributed by atoms with Gasteiger partial charge in [-0.2, -0.15) is 0 Å². The summed E-state index contributed by atoms with van der Waals surface area (Å²) >= 11 is 0. The van der Waals surface area contributed by atoms with Gasteiger partial charge >= 0.3 is 0 Å². The van der Waals surface area contributed by atoms with Crippen LogP contribution in [0.2, 0.25) is 0 Å². The number of benzene rings is 3. The number of para-hydroxylation sites is 1. The van der Waals surface area contributed by atoms with Gasteiger partial charge in [-0.1, -0.05) is 54.6 Å². The van der Waals surface area contributed by atoms with Crippen LogP contribution in [0, 0.1) is 6.92 Å². The Labute approximate surface area is 146 Å². The van der Waals surface area contributed by atoms with Crippen molar-refractivity contribution in [2.45, 2.75) is 6.92 Å². The fraction of sp³-hybridized carbons (Fsp3) is 0.0476. The highest BCUT2D eigenvalue weighted by molar-refractivity contribution is 5.69. The molecular weight excluding hydrogens is 314 g/mol. The molecule has 0 fully saturated rings. The second-order valence-corrected chi connectivity index (χ2v) is 5.85. The van der Waals surface area contributed by atoms with Crippen LogP contribution in [-0.2, 0) is 9.68 Å². The van der Waals surface area contributed by atoms with Crippen LogP contribution in [0.25, 0.3) is 16.9 Å². The molecule has 0 bridgehead atoms. The largest absolute Gasteiger partial charge is 0.508 e. The average Bonchev–Trinajstić information content (AvgIpc) is 3.13. The third-order valence-electron chi connectivity index (χ3n) is 4.12. The lowest BCUT2D eigenvalue weighted by atomic mass is 10.0. The van der Waals surface area contributed by atoms with Gasteiger partial charge in [0.15, 0.2) is 6.26 Å². The summed E-state index contributed by atoms with van der Waals surface area (Å²) in [5.74, 6) is 0.916. The van der Waals surface area contributed by atoms with Crippen molar-refractivity contribution >= 4 is 11.4 Å². The minimum Gasteiger partial charge on any atom is -0.508 e. The lowest BCUT2D eigenvalue weighted by Crippen LogP contribution is -2.16. The Morgan fingerprint density at radius 2 is 1.36 bits per heavy atom. The zero-order chi connectivity index (χ0) is 17.2. The van der Waals surface area contributed by atoms with E-state index in [0.717, 1.165) is 27.9 Å². The van der Waals surface area contributed by atoms with Gasteiger partial charge in [0.05, 0.1) is 0 Å². The molecule has 1 aliphatic heterocycles. The summed E-state index contributed by atoms with van der Waals surface area (Å²) in [7, 11) is 0. The third-order valence-corrected chi connectivity index (χ3v) is 4.12. The Hall–Kier alpha value is -3.40. The van der Waals surface area contributed by atoms with Crippen LogP contribution in [0.3, 0.4) is 0 Å². The highest BCUT2D eigenvalue weighted by Crippen LogP contribution is 2.31. The summed E-state index contributed by atoms with van der Waals surface area (Å²) in [5, 5.41) is 10.8. The van der Waals surface area contributed by atoms with Gasteiger partial charge in [0.1, 0.15) is 11.4 Å². The standard InChI is InChI=1S/C21H17NO3/c1-15-4-2-3-5-20(15)22-24-14-21(25-22)18-8-6-16(7-9-18)17-10-12-19(23)13-11-17/h2-14,23H,1H3. The Morgan fingerprint density at radius 3 is 2.04 bits per heavy atom. The number of nitrogens with zero attached hydrogens (tertiary/aromatic N) is 1. The number of hydrogen-bond donors (Lipinski definition) is 1. The highest BCUT2D eigenvalue weighted by atomic mass is 17.0. The topological polar surface area (TPSA) is 41.9 Å². The van der Waals surface area contributed by atoms with Crippen LogP contribution in [0.1, 0.15) is 11.1 Å². The molecule has 0 radical (unpaired) electrons. The van der Waals surface area contributed by atoms with Gasteiger partial charge in [0, 0.05) is 5.56 Å². The number of anilines is 1. The minimum atomic E-state index is 0.262. The number of aromatic hydroxyl groups is 1. The first-order chi connectivity index (χ1) is 12.2. The van der Waals surface area contributed by atoms with Crippen LogP contribution < -0.4 is 5.23 Å². The summed E-state index contributed by atoms with van der Waals surface area (Å²) in [6.07, 6.45) is 1.60. The highest BCUT2D eigenvalue weighted by Gasteiger charge is 2.21. The lowest BCUT2D eigenvalue weighted by Gasteiger charge is -2.17. The van der Waals surface area contributed by atoms with Crippen molar-refractivity contribution in [2.75, 3.05) is 5.23 Å². The Bertz CT molecular complexity index is 915. The van der Waals surface area contributed by atoms with Gasteiger partial charge in [-0.15, -0.1) is 0 Å². The van der Waals surface area contributed by atoms with E-state index in [1.165, 1.54) is 5.23 Å². The molecule has 0 saturated carbocycles. The predicted molar refractivity (Wildman–Crippen MR) is 97.3 cm³/mol.